The summed E-state index contributed by atoms with van der Waals surface area (Å²) < 4.78 is 0. The van der Waals surface area contributed by atoms with E-state index in [1.807, 2.05) is 30.5 Å². The number of hydrogen-bond donors (Lipinski definition) is 2. The minimum atomic E-state index is -0.798. The number of nitrogens with zero attached hydrogens (tertiary/aromatic N) is 1. The summed E-state index contributed by atoms with van der Waals surface area (Å²) in [6, 6.07) is 8.12. The van der Waals surface area contributed by atoms with Crippen molar-refractivity contribution in [3.63, 3.8) is 0 Å². The lowest BCUT2D eigenvalue weighted by atomic mass is 9.89. The highest BCUT2D eigenvalue weighted by Gasteiger charge is 2.38. The van der Waals surface area contributed by atoms with Crippen molar-refractivity contribution in [2.45, 2.75) is 30.9 Å². The molecule has 0 saturated heterocycles. The van der Waals surface area contributed by atoms with Crippen LogP contribution in [0.5, 0.6) is 0 Å². The summed E-state index contributed by atoms with van der Waals surface area (Å²) in [6.07, 6.45) is 5.84. The molecule has 1 aromatic carbocycles. The normalized spacial score (nSPS) is 28.7. The van der Waals surface area contributed by atoms with E-state index >= 15 is 0 Å². The van der Waals surface area contributed by atoms with Crippen molar-refractivity contribution in [2.75, 3.05) is 0 Å². The SMILES string of the molecule is NC1CCC(O)(c2cncc3ccccc23)C1. The van der Waals surface area contributed by atoms with Crippen LogP contribution < -0.4 is 5.73 Å². The first kappa shape index (κ1) is 10.7. The maximum absolute atomic E-state index is 10.7. The van der Waals surface area contributed by atoms with Crippen LogP contribution in [0.3, 0.4) is 0 Å². The third-order valence-corrected chi connectivity index (χ3v) is 3.70. The number of aliphatic hydroxyl groups is 1. The molecule has 3 rings (SSSR count). The van der Waals surface area contributed by atoms with Crippen molar-refractivity contribution < 1.29 is 5.11 Å². The smallest absolute Gasteiger partial charge is 0.0932 e. The van der Waals surface area contributed by atoms with E-state index in [-0.39, 0.29) is 6.04 Å². The van der Waals surface area contributed by atoms with Crippen LogP contribution in [0.15, 0.2) is 36.7 Å². The number of hydrogen-bond acceptors (Lipinski definition) is 3. The number of rotatable bonds is 1. The van der Waals surface area contributed by atoms with Gasteiger partial charge >= 0.3 is 0 Å². The predicted molar refractivity (Wildman–Crippen MR) is 67.5 cm³/mol. The van der Waals surface area contributed by atoms with E-state index in [2.05, 4.69) is 4.98 Å². The first-order valence-electron chi connectivity index (χ1n) is 6.00. The van der Waals surface area contributed by atoms with E-state index in [4.69, 9.17) is 5.73 Å². The quantitative estimate of drug-likeness (QED) is 0.784. The van der Waals surface area contributed by atoms with Crippen molar-refractivity contribution in [1.29, 1.82) is 0 Å². The Labute approximate surface area is 100 Å². The highest BCUT2D eigenvalue weighted by atomic mass is 16.3. The molecule has 2 atom stereocenters. The molecule has 3 nitrogen and oxygen atoms in total. The molecule has 0 amide bonds. The van der Waals surface area contributed by atoms with Crippen LogP contribution in [0.25, 0.3) is 10.8 Å². The Bertz CT molecular complexity index is 549. The topological polar surface area (TPSA) is 59.1 Å². The van der Waals surface area contributed by atoms with Gasteiger partial charge in [0.2, 0.25) is 0 Å². The van der Waals surface area contributed by atoms with Gasteiger partial charge in [0.1, 0.15) is 0 Å². The molecule has 3 heteroatoms. The van der Waals surface area contributed by atoms with Crippen molar-refractivity contribution in [3.05, 3.63) is 42.2 Å². The zero-order chi connectivity index (χ0) is 11.9. The zero-order valence-electron chi connectivity index (χ0n) is 9.63. The van der Waals surface area contributed by atoms with Crippen LogP contribution in [0.2, 0.25) is 0 Å². The van der Waals surface area contributed by atoms with Gasteiger partial charge in [-0.15, -0.1) is 0 Å². The minimum absolute atomic E-state index is 0.0963. The van der Waals surface area contributed by atoms with Gasteiger partial charge in [-0.1, -0.05) is 24.3 Å². The Hall–Kier alpha value is -1.45. The zero-order valence-corrected chi connectivity index (χ0v) is 9.63. The largest absolute Gasteiger partial charge is 0.385 e. The number of fused-ring (bicyclic) bond motifs is 1. The van der Waals surface area contributed by atoms with E-state index in [0.29, 0.717) is 6.42 Å². The lowest BCUT2D eigenvalue weighted by Gasteiger charge is -2.24. The molecule has 17 heavy (non-hydrogen) atoms. The second kappa shape index (κ2) is 3.79. The monoisotopic (exact) mass is 228 g/mol. The van der Waals surface area contributed by atoms with Gasteiger partial charge in [-0.25, -0.2) is 0 Å². The summed E-state index contributed by atoms with van der Waals surface area (Å²) in [5.74, 6) is 0. The summed E-state index contributed by atoms with van der Waals surface area (Å²) >= 11 is 0. The van der Waals surface area contributed by atoms with Crippen molar-refractivity contribution >= 4 is 10.8 Å². The molecule has 2 aromatic rings. The van der Waals surface area contributed by atoms with Crippen molar-refractivity contribution in [1.82, 2.24) is 4.98 Å². The molecule has 88 valence electrons. The minimum Gasteiger partial charge on any atom is -0.385 e. The van der Waals surface area contributed by atoms with Gasteiger partial charge in [0.05, 0.1) is 5.60 Å². The third kappa shape index (κ3) is 1.72. The molecule has 1 aliphatic carbocycles. The Morgan fingerprint density at radius 2 is 2.12 bits per heavy atom. The van der Waals surface area contributed by atoms with Gasteiger partial charge in [0.15, 0.2) is 0 Å². The number of pyridine rings is 1. The molecule has 3 N–H and O–H groups in total. The Morgan fingerprint density at radius 1 is 1.29 bits per heavy atom. The Morgan fingerprint density at radius 3 is 2.88 bits per heavy atom. The van der Waals surface area contributed by atoms with Crippen LogP contribution in [0.4, 0.5) is 0 Å². The van der Waals surface area contributed by atoms with Gasteiger partial charge in [-0.05, 0) is 24.6 Å². The second-order valence-corrected chi connectivity index (χ2v) is 4.94. The van der Waals surface area contributed by atoms with Crippen LogP contribution in [0.1, 0.15) is 24.8 Å². The molecule has 1 heterocycles. The first-order valence-corrected chi connectivity index (χ1v) is 6.00. The summed E-state index contributed by atoms with van der Waals surface area (Å²) in [6.45, 7) is 0. The van der Waals surface area contributed by atoms with Gasteiger partial charge in [0.25, 0.3) is 0 Å². The summed E-state index contributed by atoms with van der Waals surface area (Å²) in [4.78, 5) is 4.23. The van der Waals surface area contributed by atoms with Gasteiger partial charge in [-0.3, -0.25) is 4.98 Å². The average molecular weight is 228 g/mol. The highest BCUT2D eigenvalue weighted by Crippen LogP contribution is 2.40. The summed E-state index contributed by atoms with van der Waals surface area (Å²) in [5.41, 5.74) is 6.03. The second-order valence-electron chi connectivity index (χ2n) is 4.94. The summed E-state index contributed by atoms with van der Waals surface area (Å²) in [7, 11) is 0. The first-order chi connectivity index (χ1) is 8.19. The molecule has 1 aliphatic rings. The fourth-order valence-corrected chi connectivity index (χ4v) is 2.79. The molecule has 2 unspecified atom stereocenters. The molecule has 0 aliphatic heterocycles. The Kier molecular flexibility index (Phi) is 2.38. The molecule has 1 saturated carbocycles. The molecule has 1 fully saturated rings. The van der Waals surface area contributed by atoms with Crippen LogP contribution in [-0.2, 0) is 5.60 Å². The van der Waals surface area contributed by atoms with Crippen LogP contribution in [-0.4, -0.2) is 16.1 Å². The lowest BCUT2D eigenvalue weighted by molar-refractivity contribution is 0.0443. The Balaban J connectivity index is 2.17. The number of aromatic nitrogens is 1. The molecular formula is C14H16N2O. The van der Waals surface area contributed by atoms with Crippen molar-refractivity contribution in [3.8, 4) is 0 Å². The van der Waals surface area contributed by atoms with Gasteiger partial charge in [0, 0.05) is 29.4 Å². The van der Waals surface area contributed by atoms with E-state index < -0.39 is 5.60 Å². The van der Waals surface area contributed by atoms with Crippen LogP contribution >= 0.6 is 0 Å². The van der Waals surface area contributed by atoms with Crippen LogP contribution in [0, 0.1) is 0 Å². The molecule has 1 aromatic heterocycles. The van der Waals surface area contributed by atoms with E-state index in [9.17, 15) is 5.11 Å². The highest BCUT2D eigenvalue weighted by molar-refractivity contribution is 5.85. The number of nitrogens with two attached hydrogens (primary N) is 1. The molecule has 0 bridgehead atoms. The van der Waals surface area contributed by atoms with E-state index in [0.717, 1.165) is 29.2 Å². The summed E-state index contributed by atoms with van der Waals surface area (Å²) in [5, 5.41) is 12.9. The van der Waals surface area contributed by atoms with Gasteiger partial charge < -0.3 is 10.8 Å². The fourth-order valence-electron chi connectivity index (χ4n) is 2.79. The van der Waals surface area contributed by atoms with Crippen molar-refractivity contribution in [2.24, 2.45) is 5.73 Å². The molecule has 0 radical (unpaired) electrons. The lowest BCUT2D eigenvalue weighted by Crippen LogP contribution is -2.25. The third-order valence-electron chi connectivity index (χ3n) is 3.70. The maximum Gasteiger partial charge on any atom is 0.0932 e. The number of benzene rings is 1. The van der Waals surface area contributed by atoms with Gasteiger partial charge in [-0.2, -0.15) is 0 Å². The van der Waals surface area contributed by atoms with E-state index in [1.54, 1.807) is 6.20 Å². The fraction of sp³-hybridized carbons (Fsp3) is 0.357. The van der Waals surface area contributed by atoms with E-state index in [1.165, 1.54) is 0 Å². The predicted octanol–water partition coefficient (Wildman–Crippen LogP) is 1.93. The standard InChI is InChI=1S/C14H16N2O/c15-11-5-6-14(17,7-11)13-9-16-8-10-3-1-2-4-12(10)13/h1-4,8-9,11,17H,5-7,15H2. The molecule has 0 spiro atoms. The molecular weight excluding hydrogens is 212 g/mol. The maximum atomic E-state index is 10.7. The average Bonchev–Trinajstić information content (AvgIpc) is 2.70.